The van der Waals surface area contributed by atoms with Crippen LogP contribution in [-0.4, -0.2) is 55.9 Å². The maximum atomic E-state index is 10.7. The van der Waals surface area contributed by atoms with E-state index >= 15 is 0 Å². The smallest absolute Gasteiger partial charge is 0.462 e. The highest BCUT2D eigenvalue weighted by Gasteiger charge is 2.36. The molecule has 0 amide bonds. The van der Waals surface area contributed by atoms with Gasteiger partial charge in [0.1, 0.15) is 0 Å². The molecule has 112 valence electrons. The normalized spacial score (nSPS) is 11.3. The summed E-state index contributed by atoms with van der Waals surface area (Å²) >= 11 is 0. The van der Waals surface area contributed by atoms with Gasteiger partial charge < -0.3 is 22.8 Å². The molecule has 0 aliphatic rings. The highest BCUT2D eigenvalue weighted by atomic mass is 28.4. The Labute approximate surface area is 116 Å². The van der Waals surface area contributed by atoms with Crippen LogP contribution in [0.5, 0.6) is 0 Å². The molecule has 19 heavy (non-hydrogen) atoms. The average Bonchev–Trinajstić information content (AvgIpc) is 2.46. The summed E-state index contributed by atoms with van der Waals surface area (Å²) in [5.74, 6) is -0.406. The average molecular weight is 292 g/mol. The molecule has 0 aromatic carbocycles. The zero-order valence-corrected chi connectivity index (χ0v) is 13.0. The van der Waals surface area contributed by atoms with Gasteiger partial charge in [0, 0.05) is 53.1 Å². The summed E-state index contributed by atoms with van der Waals surface area (Å²) in [5.41, 5.74) is 0. The first-order valence-electron chi connectivity index (χ1n) is 6.16. The van der Waals surface area contributed by atoms with Gasteiger partial charge in [0.25, 0.3) is 0 Å². The van der Waals surface area contributed by atoms with Crippen molar-refractivity contribution < 1.29 is 27.5 Å². The quantitative estimate of drug-likeness (QED) is 0.234. The van der Waals surface area contributed by atoms with Gasteiger partial charge in [-0.2, -0.15) is 0 Å². The van der Waals surface area contributed by atoms with Crippen molar-refractivity contribution in [1.29, 1.82) is 0 Å². The molecule has 0 bridgehead atoms. The molecule has 0 N–H and O–H groups in total. The maximum absolute atomic E-state index is 10.7. The molecule has 6 nitrogen and oxygen atoms in total. The fourth-order valence-corrected chi connectivity index (χ4v) is 3.13. The SMILES string of the molecule is C=CC(=O)OCCCOCCC[Si](OC)(OC)OC. The Morgan fingerprint density at radius 3 is 2.16 bits per heavy atom. The van der Waals surface area contributed by atoms with Crippen molar-refractivity contribution in [2.45, 2.75) is 18.9 Å². The molecule has 7 heteroatoms. The molecule has 0 radical (unpaired) electrons. The lowest BCUT2D eigenvalue weighted by Crippen LogP contribution is -2.42. The van der Waals surface area contributed by atoms with Crippen LogP contribution in [0.4, 0.5) is 0 Å². The van der Waals surface area contributed by atoms with Crippen molar-refractivity contribution in [3.05, 3.63) is 12.7 Å². The number of esters is 1. The first-order valence-corrected chi connectivity index (χ1v) is 8.09. The van der Waals surface area contributed by atoms with E-state index in [2.05, 4.69) is 6.58 Å². The van der Waals surface area contributed by atoms with Crippen molar-refractivity contribution in [3.8, 4) is 0 Å². The third-order valence-corrected chi connectivity index (χ3v) is 5.38. The van der Waals surface area contributed by atoms with Gasteiger partial charge in [-0.25, -0.2) is 4.79 Å². The molecular weight excluding hydrogens is 268 g/mol. The van der Waals surface area contributed by atoms with Crippen LogP contribution in [0.1, 0.15) is 12.8 Å². The predicted molar refractivity (Wildman–Crippen MR) is 72.8 cm³/mol. The molecule has 0 aliphatic carbocycles. The topological polar surface area (TPSA) is 63.2 Å². The van der Waals surface area contributed by atoms with Crippen LogP contribution in [0.3, 0.4) is 0 Å². The minimum absolute atomic E-state index is 0.345. The van der Waals surface area contributed by atoms with Gasteiger partial charge in [-0.3, -0.25) is 0 Å². The van der Waals surface area contributed by atoms with Gasteiger partial charge in [0.05, 0.1) is 6.61 Å². The van der Waals surface area contributed by atoms with Crippen molar-refractivity contribution >= 4 is 14.8 Å². The van der Waals surface area contributed by atoms with E-state index in [0.717, 1.165) is 12.5 Å². The lowest BCUT2D eigenvalue weighted by Gasteiger charge is -2.24. The Morgan fingerprint density at radius 1 is 1.05 bits per heavy atom. The fraction of sp³-hybridized carbons (Fsp3) is 0.750. The Hall–Kier alpha value is -0.733. The first-order chi connectivity index (χ1) is 9.14. The second kappa shape index (κ2) is 11.1. The van der Waals surface area contributed by atoms with E-state index in [0.29, 0.717) is 32.3 Å². The predicted octanol–water partition coefficient (Wildman–Crippen LogP) is 1.39. The van der Waals surface area contributed by atoms with E-state index in [4.69, 9.17) is 22.8 Å². The van der Waals surface area contributed by atoms with Crippen LogP contribution in [-0.2, 0) is 27.5 Å². The van der Waals surface area contributed by atoms with Crippen LogP contribution in [0.2, 0.25) is 6.04 Å². The van der Waals surface area contributed by atoms with Crippen molar-refractivity contribution in [2.75, 3.05) is 41.2 Å². The van der Waals surface area contributed by atoms with Crippen LogP contribution >= 0.6 is 0 Å². The van der Waals surface area contributed by atoms with Gasteiger partial charge in [-0.05, 0) is 6.42 Å². The van der Waals surface area contributed by atoms with E-state index < -0.39 is 14.8 Å². The minimum Gasteiger partial charge on any atom is -0.462 e. The Morgan fingerprint density at radius 2 is 1.63 bits per heavy atom. The summed E-state index contributed by atoms with van der Waals surface area (Å²) in [7, 11) is 2.30. The summed E-state index contributed by atoms with van der Waals surface area (Å²) < 4.78 is 26.1. The van der Waals surface area contributed by atoms with Crippen LogP contribution in [0.25, 0.3) is 0 Å². The van der Waals surface area contributed by atoms with Crippen molar-refractivity contribution in [1.82, 2.24) is 0 Å². The van der Waals surface area contributed by atoms with E-state index in [1.165, 1.54) is 0 Å². The first kappa shape index (κ1) is 18.3. The van der Waals surface area contributed by atoms with Gasteiger partial charge >= 0.3 is 14.8 Å². The molecule has 0 fully saturated rings. The third-order valence-electron chi connectivity index (χ3n) is 2.55. The third kappa shape index (κ3) is 8.12. The number of carbonyl (C=O) groups excluding carboxylic acids is 1. The number of hydrogen-bond acceptors (Lipinski definition) is 6. The number of ether oxygens (including phenoxy) is 2. The van der Waals surface area contributed by atoms with Gasteiger partial charge in [0.15, 0.2) is 0 Å². The summed E-state index contributed by atoms with van der Waals surface area (Å²) in [6, 6.07) is 0.710. The summed E-state index contributed by atoms with van der Waals surface area (Å²) in [5, 5.41) is 0. The fourth-order valence-electron chi connectivity index (χ4n) is 1.44. The summed E-state index contributed by atoms with van der Waals surface area (Å²) in [4.78, 5) is 10.7. The Bertz CT molecular complexity index is 246. The number of hydrogen-bond donors (Lipinski definition) is 0. The molecule has 0 rings (SSSR count). The van der Waals surface area contributed by atoms with Gasteiger partial charge in [-0.15, -0.1) is 0 Å². The van der Waals surface area contributed by atoms with Crippen molar-refractivity contribution in [2.24, 2.45) is 0 Å². The molecule has 0 spiro atoms. The Kier molecular flexibility index (Phi) is 10.7. The largest absolute Gasteiger partial charge is 0.500 e. The molecule has 0 heterocycles. The van der Waals surface area contributed by atoms with Crippen LogP contribution < -0.4 is 0 Å². The Balaban J connectivity index is 3.49. The van der Waals surface area contributed by atoms with Crippen LogP contribution in [0, 0.1) is 0 Å². The summed E-state index contributed by atoms with van der Waals surface area (Å²) in [6.07, 6.45) is 2.61. The minimum atomic E-state index is -2.47. The highest BCUT2D eigenvalue weighted by Crippen LogP contribution is 2.14. The molecular formula is C12H24O6Si. The lowest BCUT2D eigenvalue weighted by molar-refractivity contribution is -0.138. The second-order valence-corrected chi connectivity index (χ2v) is 6.83. The maximum Gasteiger partial charge on any atom is 0.500 e. The lowest BCUT2D eigenvalue weighted by atomic mass is 10.5. The summed E-state index contributed by atoms with van der Waals surface area (Å²) in [6.45, 7) is 4.80. The van der Waals surface area contributed by atoms with Gasteiger partial charge in [0.2, 0.25) is 0 Å². The highest BCUT2D eigenvalue weighted by molar-refractivity contribution is 6.60. The molecule has 0 saturated heterocycles. The van der Waals surface area contributed by atoms with E-state index in [1.807, 2.05) is 0 Å². The zero-order valence-electron chi connectivity index (χ0n) is 12.0. The molecule has 0 aromatic rings. The molecule has 0 saturated carbocycles. The number of rotatable bonds is 12. The number of carbonyl (C=O) groups is 1. The van der Waals surface area contributed by atoms with Crippen molar-refractivity contribution in [3.63, 3.8) is 0 Å². The van der Waals surface area contributed by atoms with E-state index in [9.17, 15) is 4.79 Å². The van der Waals surface area contributed by atoms with E-state index in [-0.39, 0.29) is 0 Å². The molecule has 0 aliphatic heterocycles. The second-order valence-electron chi connectivity index (χ2n) is 3.74. The van der Waals surface area contributed by atoms with E-state index in [1.54, 1.807) is 21.3 Å². The molecule has 0 aromatic heterocycles. The molecule has 0 atom stereocenters. The zero-order chi connectivity index (χ0) is 14.6. The van der Waals surface area contributed by atoms with Gasteiger partial charge in [-0.1, -0.05) is 6.58 Å². The standard InChI is InChI=1S/C12H24O6Si/c1-5-12(13)18-10-6-8-17-9-7-11-19(14-2,15-3)16-4/h5H,1,6-11H2,2-4H3. The molecule has 0 unspecified atom stereocenters. The van der Waals surface area contributed by atoms with Crippen LogP contribution in [0.15, 0.2) is 12.7 Å². The monoisotopic (exact) mass is 292 g/mol.